The number of hydrogen-bond donors (Lipinski definition) is 0. The van der Waals surface area contributed by atoms with Crippen LogP contribution >= 0.6 is 0 Å². The number of carbonyl (C=O) groups excluding carboxylic acids is 2. The molecule has 0 bridgehead atoms. The van der Waals surface area contributed by atoms with Gasteiger partial charge in [-0.3, -0.25) is 9.59 Å². The minimum Gasteiger partial charge on any atom is -0.505 e. The average Bonchev–Trinajstić information content (AvgIpc) is 2.31. The predicted molar refractivity (Wildman–Crippen MR) is 68.9 cm³/mol. The van der Waals surface area contributed by atoms with Crippen molar-refractivity contribution >= 4 is 11.9 Å². The third-order valence-electron chi connectivity index (χ3n) is 2.10. The molecule has 102 valence electrons. The first-order chi connectivity index (χ1) is 9.02. The lowest BCUT2D eigenvalue weighted by molar-refractivity contribution is -0.134. The average molecular weight is 264 g/mol. The maximum atomic E-state index is 11.0. The number of carbonyl (C=O) groups is 2. The molecule has 19 heavy (non-hydrogen) atoms. The second-order valence-electron chi connectivity index (χ2n) is 3.78. The number of benzene rings is 1. The summed E-state index contributed by atoms with van der Waals surface area (Å²) in [6.45, 7) is 2.57. The lowest BCUT2D eigenvalue weighted by Gasteiger charge is -2.09. The normalized spacial score (nSPS) is 10.3. The van der Waals surface area contributed by atoms with Gasteiger partial charge in [0, 0.05) is 13.8 Å². The molecule has 0 spiro atoms. The summed E-state index contributed by atoms with van der Waals surface area (Å²) in [5.41, 5.74) is 0.903. The molecular formula is C14H16O5. The Morgan fingerprint density at radius 1 is 1.11 bits per heavy atom. The summed E-state index contributed by atoms with van der Waals surface area (Å²) in [7, 11) is 1.56. The Labute approximate surface area is 111 Å². The van der Waals surface area contributed by atoms with Gasteiger partial charge in [-0.15, -0.1) is 0 Å². The number of hydrogen-bond acceptors (Lipinski definition) is 5. The van der Waals surface area contributed by atoms with Gasteiger partial charge in [-0.05, 0) is 30.2 Å². The van der Waals surface area contributed by atoms with Crippen molar-refractivity contribution in [1.82, 2.24) is 0 Å². The fourth-order valence-electron chi connectivity index (χ4n) is 1.43. The van der Waals surface area contributed by atoms with E-state index in [0.717, 1.165) is 5.56 Å². The Balaban J connectivity index is 2.96. The van der Waals surface area contributed by atoms with Crippen molar-refractivity contribution in [1.29, 1.82) is 0 Å². The van der Waals surface area contributed by atoms with E-state index in [0.29, 0.717) is 6.42 Å². The van der Waals surface area contributed by atoms with E-state index >= 15 is 0 Å². The van der Waals surface area contributed by atoms with E-state index in [2.05, 4.69) is 0 Å². The monoisotopic (exact) mass is 264 g/mol. The molecule has 0 aliphatic heterocycles. The quantitative estimate of drug-likeness (QED) is 0.463. The number of methoxy groups -OCH3 is 1. The molecule has 0 N–H and O–H groups in total. The summed E-state index contributed by atoms with van der Waals surface area (Å²) in [5.74, 6) is -0.494. The standard InChI is InChI=1S/C14H16O5/c1-10(15)18-13-7-6-12(5-4-8-17-3)9-14(13)19-11(2)16/h4,6-9H,5H2,1-3H3. The Kier molecular flexibility index (Phi) is 5.60. The molecule has 5 nitrogen and oxygen atoms in total. The largest absolute Gasteiger partial charge is 0.505 e. The van der Waals surface area contributed by atoms with Crippen LogP contribution in [0.25, 0.3) is 0 Å². The molecule has 0 aliphatic rings. The summed E-state index contributed by atoms with van der Waals surface area (Å²) >= 11 is 0. The molecule has 0 heterocycles. The lowest BCUT2D eigenvalue weighted by atomic mass is 10.1. The van der Waals surface area contributed by atoms with Crippen molar-refractivity contribution in [3.05, 3.63) is 36.1 Å². The van der Waals surface area contributed by atoms with E-state index < -0.39 is 11.9 Å². The minimum absolute atomic E-state index is 0.224. The van der Waals surface area contributed by atoms with Crippen molar-refractivity contribution in [2.45, 2.75) is 20.3 Å². The van der Waals surface area contributed by atoms with E-state index in [1.165, 1.54) is 13.8 Å². The van der Waals surface area contributed by atoms with Gasteiger partial charge in [-0.25, -0.2) is 0 Å². The van der Waals surface area contributed by atoms with Crippen LogP contribution in [-0.2, 0) is 20.7 Å². The zero-order chi connectivity index (χ0) is 14.3. The Morgan fingerprint density at radius 2 is 1.74 bits per heavy atom. The maximum absolute atomic E-state index is 11.0. The van der Waals surface area contributed by atoms with Gasteiger partial charge in [0.15, 0.2) is 11.5 Å². The van der Waals surface area contributed by atoms with Gasteiger partial charge in [-0.1, -0.05) is 6.07 Å². The summed E-state index contributed by atoms with van der Waals surface area (Å²) in [4.78, 5) is 22.0. The Morgan fingerprint density at radius 3 is 2.32 bits per heavy atom. The van der Waals surface area contributed by atoms with Crippen molar-refractivity contribution < 1.29 is 23.8 Å². The molecule has 0 fully saturated rings. The molecule has 0 saturated heterocycles. The predicted octanol–water partition coefficient (Wildman–Crippen LogP) is 2.24. The van der Waals surface area contributed by atoms with Gasteiger partial charge in [0.05, 0.1) is 13.4 Å². The Bertz CT molecular complexity index is 491. The van der Waals surface area contributed by atoms with Gasteiger partial charge in [0.1, 0.15) is 0 Å². The second-order valence-corrected chi connectivity index (χ2v) is 3.78. The molecule has 0 unspecified atom stereocenters. The van der Waals surface area contributed by atoms with Gasteiger partial charge in [0.25, 0.3) is 0 Å². The zero-order valence-electron chi connectivity index (χ0n) is 11.1. The maximum Gasteiger partial charge on any atom is 0.308 e. The SMILES string of the molecule is COC=CCc1ccc(OC(C)=O)c(OC(C)=O)c1. The van der Waals surface area contributed by atoms with Gasteiger partial charge < -0.3 is 14.2 Å². The first-order valence-electron chi connectivity index (χ1n) is 5.70. The van der Waals surface area contributed by atoms with Crippen LogP contribution in [0.4, 0.5) is 0 Å². The first kappa shape index (κ1) is 14.8. The smallest absolute Gasteiger partial charge is 0.308 e. The van der Waals surface area contributed by atoms with Crippen LogP contribution in [0.2, 0.25) is 0 Å². The van der Waals surface area contributed by atoms with Crippen LogP contribution < -0.4 is 9.47 Å². The third kappa shape index (κ3) is 5.25. The van der Waals surface area contributed by atoms with E-state index in [-0.39, 0.29) is 11.5 Å². The fraction of sp³-hybridized carbons (Fsp3) is 0.286. The van der Waals surface area contributed by atoms with Gasteiger partial charge in [0.2, 0.25) is 0 Å². The second kappa shape index (κ2) is 7.20. The molecule has 0 atom stereocenters. The van der Waals surface area contributed by atoms with Crippen LogP contribution in [0.15, 0.2) is 30.5 Å². The number of ether oxygens (including phenoxy) is 3. The van der Waals surface area contributed by atoms with Gasteiger partial charge >= 0.3 is 11.9 Å². The lowest BCUT2D eigenvalue weighted by Crippen LogP contribution is -2.07. The molecule has 1 rings (SSSR count). The molecule has 0 aliphatic carbocycles. The van der Waals surface area contributed by atoms with E-state index in [1.807, 2.05) is 6.08 Å². The van der Waals surface area contributed by atoms with E-state index in [1.54, 1.807) is 31.6 Å². The van der Waals surface area contributed by atoms with Crippen LogP contribution in [0.3, 0.4) is 0 Å². The highest BCUT2D eigenvalue weighted by molar-refractivity contribution is 5.73. The van der Waals surface area contributed by atoms with Crippen molar-refractivity contribution in [3.8, 4) is 11.5 Å². The fourth-order valence-corrected chi connectivity index (χ4v) is 1.43. The first-order valence-corrected chi connectivity index (χ1v) is 5.70. The summed E-state index contributed by atoms with van der Waals surface area (Å²) < 4.78 is 14.8. The summed E-state index contributed by atoms with van der Waals surface area (Å²) in [6.07, 6.45) is 3.99. The highest BCUT2D eigenvalue weighted by Crippen LogP contribution is 2.29. The van der Waals surface area contributed by atoms with E-state index in [9.17, 15) is 9.59 Å². The molecule has 0 saturated carbocycles. The number of esters is 2. The van der Waals surface area contributed by atoms with Crippen molar-refractivity contribution in [2.75, 3.05) is 7.11 Å². The third-order valence-corrected chi connectivity index (χ3v) is 2.10. The Hall–Kier alpha value is -2.30. The molecular weight excluding hydrogens is 248 g/mol. The topological polar surface area (TPSA) is 61.8 Å². The van der Waals surface area contributed by atoms with Crippen LogP contribution in [0.5, 0.6) is 11.5 Å². The van der Waals surface area contributed by atoms with E-state index in [4.69, 9.17) is 14.2 Å². The highest BCUT2D eigenvalue weighted by atomic mass is 16.6. The minimum atomic E-state index is -0.474. The highest BCUT2D eigenvalue weighted by Gasteiger charge is 2.10. The molecule has 0 amide bonds. The summed E-state index contributed by atoms with van der Waals surface area (Å²) in [5, 5.41) is 0. The molecule has 0 aromatic heterocycles. The zero-order valence-corrected chi connectivity index (χ0v) is 11.1. The van der Waals surface area contributed by atoms with Gasteiger partial charge in [-0.2, -0.15) is 0 Å². The summed E-state index contributed by atoms with van der Waals surface area (Å²) in [6, 6.07) is 5.03. The molecule has 1 aromatic carbocycles. The van der Waals surface area contributed by atoms with Crippen LogP contribution in [0, 0.1) is 0 Å². The molecule has 0 radical (unpaired) electrons. The van der Waals surface area contributed by atoms with Crippen LogP contribution in [-0.4, -0.2) is 19.0 Å². The molecule has 5 heteroatoms. The number of allylic oxidation sites excluding steroid dienone is 1. The van der Waals surface area contributed by atoms with Crippen molar-refractivity contribution in [2.24, 2.45) is 0 Å². The van der Waals surface area contributed by atoms with Crippen molar-refractivity contribution in [3.63, 3.8) is 0 Å². The van der Waals surface area contributed by atoms with Crippen LogP contribution in [0.1, 0.15) is 19.4 Å². The molecule has 1 aromatic rings. The number of rotatable bonds is 5.